The van der Waals surface area contributed by atoms with Crippen LogP contribution in [0.25, 0.3) is 10.9 Å². The van der Waals surface area contributed by atoms with Gasteiger partial charge in [-0.05, 0) is 63.8 Å². The minimum Gasteiger partial charge on any atom is -0.412 e. The number of pyridine rings is 1. The zero-order valence-electron chi connectivity index (χ0n) is 18.7. The second-order valence-corrected chi connectivity index (χ2v) is 11.3. The predicted octanol–water partition coefficient (Wildman–Crippen LogP) is 4.12. The fourth-order valence-corrected chi connectivity index (χ4v) is 6.09. The molecule has 4 aromatic rings. The molecule has 0 spiro atoms. The number of hydrogen-bond acceptors (Lipinski definition) is 4. The van der Waals surface area contributed by atoms with Gasteiger partial charge in [0.15, 0.2) is 9.76 Å². The molecule has 1 aliphatic rings. The van der Waals surface area contributed by atoms with Crippen LogP contribution >= 0.6 is 15.9 Å². The van der Waals surface area contributed by atoms with Gasteiger partial charge in [0.2, 0.25) is 0 Å². The van der Waals surface area contributed by atoms with Crippen LogP contribution in [0.15, 0.2) is 71.5 Å². The Labute approximate surface area is 207 Å². The standard InChI is InChI=1S/C25H25BrF2N4OSi/c1-16-11-20-19(8-10-22-21(20)13-30-31-22)24(23-9-7-17(26)12-29-23)32(16)14-25(27,28)15-33-34-18-5-3-2-4-6-18/h2-10,12-13,16,24H,11,14-15,34H2,1H3,(H,30,31)/t16-,24+/m1/s1. The maximum absolute atomic E-state index is 15.2. The van der Waals surface area contributed by atoms with Gasteiger partial charge in [-0.2, -0.15) is 5.10 Å². The summed E-state index contributed by atoms with van der Waals surface area (Å²) in [6.07, 6.45) is 4.20. The Morgan fingerprint density at radius 3 is 2.74 bits per heavy atom. The Balaban J connectivity index is 1.44. The van der Waals surface area contributed by atoms with E-state index in [1.807, 2.05) is 72.6 Å². The van der Waals surface area contributed by atoms with Crippen LogP contribution in [0.1, 0.15) is 29.8 Å². The molecule has 2 aromatic heterocycles. The van der Waals surface area contributed by atoms with Crippen molar-refractivity contribution >= 4 is 41.8 Å². The van der Waals surface area contributed by atoms with E-state index in [0.29, 0.717) is 6.42 Å². The summed E-state index contributed by atoms with van der Waals surface area (Å²) in [5.41, 5.74) is 3.83. The van der Waals surface area contributed by atoms with Crippen molar-refractivity contribution in [2.24, 2.45) is 0 Å². The number of halogens is 3. The summed E-state index contributed by atoms with van der Waals surface area (Å²) in [5, 5.41) is 9.25. The van der Waals surface area contributed by atoms with E-state index in [9.17, 15) is 0 Å². The fraction of sp³-hybridized carbons (Fsp3) is 0.280. The molecule has 1 N–H and O–H groups in total. The minimum absolute atomic E-state index is 0.110. The maximum atomic E-state index is 15.2. The average Bonchev–Trinajstić information content (AvgIpc) is 3.30. The average molecular weight is 543 g/mol. The lowest BCUT2D eigenvalue weighted by molar-refractivity contribution is -0.0793. The lowest BCUT2D eigenvalue weighted by atomic mass is 9.85. The van der Waals surface area contributed by atoms with Crippen molar-refractivity contribution in [2.75, 3.05) is 13.2 Å². The lowest BCUT2D eigenvalue weighted by Crippen LogP contribution is -2.50. The maximum Gasteiger partial charge on any atom is 0.282 e. The van der Waals surface area contributed by atoms with Crippen LogP contribution in [0.4, 0.5) is 8.78 Å². The molecule has 0 fully saturated rings. The van der Waals surface area contributed by atoms with Gasteiger partial charge >= 0.3 is 0 Å². The molecule has 0 aliphatic carbocycles. The van der Waals surface area contributed by atoms with E-state index in [1.165, 1.54) is 0 Å². The Morgan fingerprint density at radius 2 is 1.97 bits per heavy atom. The largest absolute Gasteiger partial charge is 0.412 e. The Morgan fingerprint density at radius 1 is 1.15 bits per heavy atom. The number of benzene rings is 2. The number of fused-ring (bicyclic) bond motifs is 3. The summed E-state index contributed by atoms with van der Waals surface area (Å²) in [5.74, 6) is -2.99. The number of aromatic amines is 1. The normalized spacial score (nSPS) is 19.2. The van der Waals surface area contributed by atoms with E-state index in [2.05, 4.69) is 31.1 Å². The molecule has 2 aromatic carbocycles. The molecule has 0 saturated carbocycles. The first-order valence-corrected chi connectivity index (χ1v) is 13.3. The fourth-order valence-electron chi connectivity index (χ4n) is 4.75. The molecule has 0 radical (unpaired) electrons. The predicted molar refractivity (Wildman–Crippen MR) is 135 cm³/mol. The first-order valence-electron chi connectivity index (χ1n) is 11.2. The molecule has 9 heteroatoms. The number of rotatable bonds is 7. The highest BCUT2D eigenvalue weighted by Gasteiger charge is 2.41. The first-order chi connectivity index (χ1) is 16.4. The van der Waals surface area contributed by atoms with Crippen molar-refractivity contribution in [3.63, 3.8) is 0 Å². The molecule has 0 unspecified atom stereocenters. The third kappa shape index (κ3) is 4.83. The summed E-state index contributed by atoms with van der Waals surface area (Å²) in [6.45, 7) is 1.03. The highest BCUT2D eigenvalue weighted by atomic mass is 79.9. The van der Waals surface area contributed by atoms with Crippen molar-refractivity contribution in [2.45, 2.75) is 31.4 Å². The van der Waals surface area contributed by atoms with Crippen molar-refractivity contribution in [3.8, 4) is 0 Å². The second kappa shape index (κ2) is 9.65. The highest BCUT2D eigenvalue weighted by molar-refractivity contribution is 9.10. The summed E-state index contributed by atoms with van der Waals surface area (Å²) < 4.78 is 36.9. The first kappa shape index (κ1) is 23.3. The van der Waals surface area contributed by atoms with E-state index in [-0.39, 0.29) is 12.1 Å². The monoisotopic (exact) mass is 542 g/mol. The van der Waals surface area contributed by atoms with E-state index in [4.69, 9.17) is 4.43 Å². The number of nitrogens with zero attached hydrogens (tertiary/aromatic N) is 3. The van der Waals surface area contributed by atoms with Crippen LogP contribution in [0.2, 0.25) is 0 Å². The Hall–Kier alpha value is -2.46. The van der Waals surface area contributed by atoms with E-state index >= 15 is 8.78 Å². The number of hydrogen-bond donors (Lipinski definition) is 1. The van der Waals surface area contributed by atoms with Gasteiger partial charge in [-0.3, -0.25) is 15.0 Å². The van der Waals surface area contributed by atoms with Gasteiger partial charge in [-0.15, -0.1) is 0 Å². The van der Waals surface area contributed by atoms with Crippen molar-refractivity contribution in [3.05, 3.63) is 88.3 Å². The van der Waals surface area contributed by atoms with Crippen molar-refractivity contribution in [1.29, 1.82) is 0 Å². The molecule has 3 heterocycles. The Bertz CT molecular complexity index is 1270. The molecular formula is C25H25BrF2N4OSi. The van der Waals surface area contributed by atoms with Gasteiger partial charge in [0, 0.05) is 22.1 Å². The van der Waals surface area contributed by atoms with E-state index in [0.717, 1.165) is 37.4 Å². The molecule has 1 aliphatic heterocycles. The van der Waals surface area contributed by atoms with Crippen LogP contribution < -0.4 is 5.19 Å². The number of nitrogens with one attached hydrogen (secondary N) is 1. The number of H-pyrrole nitrogens is 1. The lowest BCUT2D eigenvalue weighted by Gasteiger charge is -2.43. The molecule has 0 amide bonds. The van der Waals surface area contributed by atoms with E-state index < -0.39 is 28.8 Å². The van der Waals surface area contributed by atoms with Gasteiger partial charge in [-0.1, -0.05) is 36.4 Å². The molecule has 0 saturated heterocycles. The SMILES string of the molecule is C[C@@H]1Cc2c(ccc3[nH]ncc23)[C@@H](c2ccc(Br)cn2)N1CC(F)(F)CO[SiH2]c1ccccc1. The molecule has 34 heavy (non-hydrogen) atoms. The summed E-state index contributed by atoms with van der Waals surface area (Å²) in [7, 11) is -1.20. The zero-order chi connectivity index (χ0) is 23.7. The summed E-state index contributed by atoms with van der Waals surface area (Å²) in [6, 6.07) is 16.9. The quantitative estimate of drug-likeness (QED) is 0.357. The topological polar surface area (TPSA) is 54.0 Å². The third-order valence-corrected chi connectivity index (χ3v) is 8.02. The second-order valence-electron chi connectivity index (χ2n) is 8.83. The van der Waals surface area contributed by atoms with Crippen LogP contribution in [0.5, 0.6) is 0 Å². The number of alkyl halides is 2. The van der Waals surface area contributed by atoms with Crippen LogP contribution in [0.3, 0.4) is 0 Å². The molecule has 176 valence electrons. The van der Waals surface area contributed by atoms with Crippen LogP contribution in [0, 0.1) is 0 Å². The number of aromatic nitrogens is 3. The molecule has 0 bridgehead atoms. The molecular weight excluding hydrogens is 518 g/mol. The van der Waals surface area contributed by atoms with Crippen LogP contribution in [-0.4, -0.2) is 55.0 Å². The van der Waals surface area contributed by atoms with Crippen molar-refractivity contribution in [1.82, 2.24) is 20.1 Å². The zero-order valence-corrected chi connectivity index (χ0v) is 21.7. The Kier molecular flexibility index (Phi) is 6.61. The summed E-state index contributed by atoms with van der Waals surface area (Å²) >= 11 is 3.43. The van der Waals surface area contributed by atoms with Gasteiger partial charge in [0.1, 0.15) is 0 Å². The van der Waals surface area contributed by atoms with Crippen LogP contribution in [-0.2, 0) is 10.8 Å². The minimum atomic E-state index is -2.99. The van der Waals surface area contributed by atoms with E-state index in [1.54, 1.807) is 6.20 Å². The van der Waals surface area contributed by atoms with Crippen molar-refractivity contribution < 1.29 is 13.2 Å². The third-order valence-electron chi connectivity index (χ3n) is 6.33. The van der Waals surface area contributed by atoms with Gasteiger partial charge in [0.25, 0.3) is 5.92 Å². The summed E-state index contributed by atoms with van der Waals surface area (Å²) in [4.78, 5) is 6.48. The smallest absolute Gasteiger partial charge is 0.282 e. The highest BCUT2D eigenvalue weighted by Crippen LogP contribution is 2.41. The van der Waals surface area contributed by atoms with Gasteiger partial charge in [-0.25, -0.2) is 8.78 Å². The van der Waals surface area contributed by atoms with Gasteiger partial charge in [0.05, 0.1) is 36.6 Å². The molecule has 5 nitrogen and oxygen atoms in total. The molecule has 5 rings (SSSR count). The molecule has 2 atom stereocenters. The van der Waals surface area contributed by atoms with Gasteiger partial charge < -0.3 is 4.43 Å².